The Morgan fingerprint density at radius 3 is 2.79 bits per heavy atom. The Morgan fingerprint density at radius 2 is 2.12 bits per heavy atom. The lowest BCUT2D eigenvalue weighted by Crippen LogP contribution is -2.31. The van der Waals surface area contributed by atoms with E-state index in [9.17, 15) is 18.0 Å². The summed E-state index contributed by atoms with van der Waals surface area (Å²) < 4.78 is 46.3. The van der Waals surface area contributed by atoms with Crippen LogP contribution in [0.25, 0.3) is 0 Å². The Labute approximate surface area is 193 Å². The lowest BCUT2D eigenvalue weighted by atomic mass is 10.1. The maximum Gasteiger partial charge on any atom is 0.261 e. The number of allylic oxidation sites excluding steroid dienone is 2. The predicted octanol–water partition coefficient (Wildman–Crippen LogP) is 3.42. The summed E-state index contributed by atoms with van der Waals surface area (Å²) in [7, 11) is 0. The minimum atomic E-state index is -2.82. The van der Waals surface area contributed by atoms with Crippen molar-refractivity contribution in [1.82, 2.24) is 15.5 Å². The van der Waals surface area contributed by atoms with Crippen molar-refractivity contribution in [3.8, 4) is 5.75 Å². The van der Waals surface area contributed by atoms with Gasteiger partial charge in [0.1, 0.15) is 24.0 Å². The largest absolute Gasteiger partial charge is 0.491 e. The number of nitrogens with zero attached hydrogens (tertiary/aromatic N) is 2. The SMILES string of the molecule is CC1=N/C(=C2\CN(C(=O)c3ccc(F)cc3OC[C@H]3CC(F)(F)CN3)CC2=N)NC(C)=C1Cl. The van der Waals surface area contributed by atoms with Crippen LogP contribution in [0.15, 0.2) is 45.3 Å². The van der Waals surface area contributed by atoms with Gasteiger partial charge in [-0.25, -0.2) is 18.2 Å². The molecule has 33 heavy (non-hydrogen) atoms. The zero-order chi connectivity index (χ0) is 23.9. The van der Waals surface area contributed by atoms with Gasteiger partial charge in [-0.2, -0.15) is 0 Å². The maximum absolute atomic E-state index is 13.9. The molecule has 1 aromatic carbocycles. The summed E-state index contributed by atoms with van der Waals surface area (Å²) in [6.45, 7) is 3.13. The fourth-order valence-corrected chi connectivity index (χ4v) is 4.04. The second kappa shape index (κ2) is 8.83. The summed E-state index contributed by atoms with van der Waals surface area (Å²) in [5.74, 6) is -3.46. The first-order valence-electron chi connectivity index (χ1n) is 10.4. The number of hydrogen-bond donors (Lipinski definition) is 3. The van der Waals surface area contributed by atoms with Crippen LogP contribution in [-0.2, 0) is 0 Å². The molecule has 1 amide bonds. The molecule has 3 aliphatic heterocycles. The molecule has 4 rings (SSSR count). The first-order chi connectivity index (χ1) is 15.5. The fraction of sp³-hybridized carbons (Fsp3) is 0.409. The Morgan fingerprint density at radius 1 is 1.36 bits per heavy atom. The predicted molar refractivity (Wildman–Crippen MR) is 119 cm³/mol. The van der Waals surface area contributed by atoms with Crippen LogP contribution in [0.5, 0.6) is 5.75 Å². The van der Waals surface area contributed by atoms with Gasteiger partial charge in [-0.3, -0.25) is 4.79 Å². The first-order valence-corrected chi connectivity index (χ1v) is 10.7. The highest BCUT2D eigenvalue weighted by atomic mass is 35.5. The van der Waals surface area contributed by atoms with E-state index in [0.717, 1.165) is 12.1 Å². The summed E-state index contributed by atoms with van der Waals surface area (Å²) in [6.07, 6.45) is -0.392. The van der Waals surface area contributed by atoms with E-state index in [1.54, 1.807) is 13.8 Å². The number of benzene rings is 1. The van der Waals surface area contributed by atoms with Crippen LogP contribution < -0.4 is 15.4 Å². The number of carbonyl (C=O) groups excluding carboxylic acids is 1. The van der Waals surface area contributed by atoms with Crippen molar-refractivity contribution in [2.45, 2.75) is 32.2 Å². The average Bonchev–Trinajstić information content (AvgIpc) is 3.31. The molecule has 3 aliphatic rings. The summed E-state index contributed by atoms with van der Waals surface area (Å²) in [4.78, 5) is 19.0. The number of halogens is 4. The monoisotopic (exact) mass is 481 g/mol. The van der Waals surface area contributed by atoms with Crippen molar-refractivity contribution in [1.29, 1.82) is 5.41 Å². The number of nitrogens with one attached hydrogen (secondary N) is 3. The lowest BCUT2D eigenvalue weighted by molar-refractivity contribution is 0.0195. The summed E-state index contributed by atoms with van der Waals surface area (Å²) in [6, 6.07) is 2.89. The quantitative estimate of drug-likeness (QED) is 0.614. The number of hydrogen-bond acceptors (Lipinski definition) is 6. The van der Waals surface area contributed by atoms with Gasteiger partial charge in [0.05, 0.1) is 41.7 Å². The second-order valence-electron chi connectivity index (χ2n) is 8.32. The van der Waals surface area contributed by atoms with Crippen LogP contribution in [0.2, 0.25) is 0 Å². The Hall–Kier alpha value is -2.85. The maximum atomic E-state index is 13.9. The molecule has 7 nitrogen and oxygen atoms in total. The number of likely N-dealkylation sites (tertiary alicyclic amines) is 1. The third kappa shape index (κ3) is 4.91. The number of amides is 1. The molecule has 3 heterocycles. The molecular formula is C22H23ClF3N5O2. The molecule has 11 heteroatoms. The molecule has 0 spiro atoms. The minimum Gasteiger partial charge on any atom is -0.491 e. The van der Waals surface area contributed by atoms with Gasteiger partial charge >= 0.3 is 0 Å². The third-order valence-corrected chi connectivity index (χ3v) is 6.23. The van der Waals surface area contributed by atoms with Crippen LogP contribution in [0.4, 0.5) is 13.2 Å². The van der Waals surface area contributed by atoms with Crippen LogP contribution in [0.1, 0.15) is 30.6 Å². The second-order valence-corrected chi connectivity index (χ2v) is 8.70. The first kappa shape index (κ1) is 23.3. The molecule has 3 N–H and O–H groups in total. The highest BCUT2D eigenvalue weighted by molar-refractivity contribution is 6.43. The van der Waals surface area contributed by atoms with Gasteiger partial charge in [0.25, 0.3) is 11.8 Å². The van der Waals surface area contributed by atoms with Gasteiger partial charge in [-0.1, -0.05) is 11.6 Å². The van der Waals surface area contributed by atoms with Crippen LogP contribution in [-0.4, -0.2) is 60.4 Å². The van der Waals surface area contributed by atoms with Gasteiger partial charge in [-0.15, -0.1) is 0 Å². The molecule has 0 aliphatic carbocycles. The van der Waals surface area contributed by atoms with Gasteiger partial charge < -0.3 is 25.7 Å². The molecule has 176 valence electrons. The molecule has 1 aromatic rings. The van der Waals surface area contributed by atoms with Crippen molar-refractivity contribution in [3.05, 3.63) is 51.7 Å². The van der Waals surface area contributed by atoms with Gasteiger partial charge in [0, 0.05) is 29.8 Å². The van der Waals surface area contributed by atoms with E-state index in [0.29, 0.717) is 27.8 Å². The number of ether oxygens (including phenoxy) is 1. The molecule has 0 bridgehead atoms. The van der Waals surface area contributed by atoms with Crippen LogP contribution in [0, 0.1) is 11.2 Å². The molecular weight excluding hydrogens is 459 g/mol. The summed E-state index contributed by atoms with van der Waals surface area (Å²) in [5, 5.41) is 14.6. The molecule has 2 saturated heterocycles. The van der Waals surface area contributed by atoms with E-state index in [4.69, 9.17) is 21.7 Å². The van der Waals surface area contributed by atoms with Gasteiger partial charge in [0.2, 0.25) is 0 Å². The van der Waals surface area contributed by atoms with E-state index in [1.807, 2.05) is 0 Å². The molecule has 2 fully saturated rings. The van der Waals surface area contributed by atoms with Crippen LogP contribution in [0.3, 0.4) is 0 Å². The highest BCUT2D eigenvalue weighted by Gasteiger charge is 2.39. The molecule has 0 unspecified atom stereocenters. The van der Waals surface area contributed by atoms with E-state index < -0.39 is 36.7 Å². The number of rotatable bonds is 4. The van der Waals surface area contributed by atoms with Crippen molar-refractivity contribution < 1.29 is 22.7 Å². The van der Waals surface area contributed by atoms with Crippen molar-refractivity contribution in [2.24, 2.45) is 4.99 Å². The third-order valence-electron chi connectivity index (χ3n) is 5.68. The van der Waals surface area contributed by atoms with E-state index in [1.165, 1.54) is 11.0 Å². The summed E-state index contributed by atoms with van der Waals surface area (Å²) >= 11 is 6.16. The zero-order valence-electron chi connectivity index (χ0n) is 18.1. The Bertz CT molecular complexity index is 1120. The summed E-state index contributed by atoms with van der Waals surface area (Å²) in [5.41, 5.74) is 2.16. The molecule has 1 atom stereocenters. The smallest absolute Gasteiger partial charge is 0.261 e. The normalized spacial score (nSPS) is 24.8. The fourth-order valence-electron chi connectivity index (χ4n) is 3.95. The molecule has 0 aromatic heterocycles. The van der Waals surface area contributed by atoms with E-state index in [2.05, 4.69) is 15.6 Å². The average molecular weight is 482 g/mol. The van der Waals surface area contributed by atoms with Crippen molar-refractivity contribution in [3.63, 3.8) is 0 Å². The highest BCUT2D eigenvalue weighted by Crippen LogP contribution is 2.29. The number of alkyl halides is 2. The zero-order valence-corrected chi connectivity index (χ0v) is 18.8. The van der Waals surface area contributed by atoms with Crippen molar-refractivity contribution in [2.75, 3.05) is 26.2 Å². The number of aliphatic imine (C=N–C) groups is 1. The van der Waals surface area contributed by atoms with Crippen molar-refractivity contribution >= 4 is 28.9 Å². The van der Waals surface area contributed by atoms with E-state index >= 15 is 0 Å². The molecule has 0 radical (unpaired) electrons. The standard InChI is InChI=1S/C22H23ClF3N5O2/c1-11-19(23)12(2)30-20(29-11)16-7-31(8-17(16)27)21(32)15-4-3-13(24)5-18(15)33-9-14-6-22(25,26)10-28-14/h3-5,14,27-29H,6-10H2,1-2H3/b20-16+,27-17?/t14-/m1/s1. The lowest BCUT2D eigenvalue weighted by Gasteiger charge is -2.20. The Kier molecular flexibility index (Phi) is 6.24. The topological polar surface area (TPSA) is 89.8 Å². The molecule has 0 saturated carbocycles. The Balaban J connectivity index is 1.52. The van der Waals surface area contributed by atoms with E-state index in [-0.39, 0.29) is 36.7 Å². The van der Waals surface area contributed by atoms with Gasteiger partial charge in [0.15, 0.2) is 0 Å². The minimum absolute atomic E-state index is 0.0279. The van der Waals surface area contributed by atoms with Crippen LogP contribution >= 0.6 is 11.6 Å². The number of carbonyl (C=O) groups is 1. The van der Waals surface area contributed by atoms with Gasteiger partial charge in [-0.05, 0) is 26.0 Å².